The number of aromatic nitrogens is 5. The molecular weight excluding hydrogens is 584 g/mol. The lowest BCUT2D eigenvalue weighted by molar-refractivity contribution is -0.142. The second-order valence-electron chi connectivity index (χ2n) is 8.26. The first-order valence-corrected chi connectivity index (χ1v) is 13.0. The Balaban J connectivity index is 1.52. The number of carbonyl (C=O) groups excluding carboxylic acids is 1. The zero-order valence-corrected chi connectivity index (χ0v) is 22.7. The first-order valence-electron chi connectivity index (χ1n) is 10.9. The van der Waals surface area contributed by atoms with Gasteiger partial charge in [-0.3, -0.25) is 9.48 Å². The molecule has 0 spiro atoms. The standard InChI is InChI=1S/C24H16Cl3F3N6OS/c1-11-20(12(2)35(33-11)10-13-14(25)5-3-6-15(13)26)32-23(37)21-19(27)22-31-16(17-7-4-8-38-17)9-18(24(28,29)30)36(22)34-21/h3-9H,10H2,1-2H3,(H,32,37). The largest absolute Gasteiger partial charge is 0.433 e. The summed E-state index contributed by atoms with van der Waals surface area (Å²) in [7, 11) is 0. The van der Waals surface area contributed by atoms with Crippen molar-refractivity contribution in [3.63, 3.8) is 0 Å². The van der Waals surface area contributed by atoms with Crippen molar-refractivity contribution in [3.05, 3.63) is 85.2 Å². The average Bonchev–Trinajstić information content (AvgIpc) is 3.56. The molecule has 4 heterocycles. The normalized spacial score (nSPS) is 11.9. The van der Waals surface area contributed by atoms with Crippen molar-refractivity contribution >= 4 is 63.4 Å². The highest BCUT2D eigenvalue weighted by molar-refractivity contribution is 7.13. The number of aryl methyl sites for hydroxylation is 1. The van der Waals surface area contributed by atoms with Crippen LogP contribution in [0.1, 0.15) is 33.1 Å². The summed E-state index contributed by atoms with van der Waals surface area (Å²) in [6, 6.07) is 9.34. The van der Waals surface area contributed by atoms with Crippen molar-refractivity contribution in [2.24, 2.45) is 0 Å². The van der Waals surface area contributed by atoms with E-state index in [4.69, 9.17) is 34.8 Å². The first kappa shape index (κ1) is 26.5. The monoisotopic (exact) mass is 598 g/mol. The Morgan fingerprint density at radius 2 is 1.79 bits per heavy atom. The van der Waals surface area contributed by atoms with E-state index in [9.17, 15) is 18.0 Å². The highest BCUT2D eigenvalue weighted by Crippen LogP contribution is 2.36. The highest BCUT2D eigenvalue weighted by Gasteiger charge is 2.37. The summed E-state index contributed by atoms with van der Waals surface area (Å²) >= 11 is 20.2. The molecule has 0 unspecified atom stereocenters. The summed E-state index contributed by atoms with van der Waals surface area (Å²) in [5, 5.41) is 13.3. The lowest BCUT2D eigenvalue weighted by atomic mass is 10.2. The Bertz CT molecular complexity index is 1670. The predicted octanol–water partition coefficient (Wildman–Crippen LogP) is 7.55. The smallest absolute Gasteiger partial charge is 0.317 e. The van der Waals surface area contributed by atoms with Crippen LogP contribution in [0.15, 0.2) is 41.8 Å². The molecule has 14 heteroatoms. The van der Waals surface area contributed by atoms with Crippen LogP contribution in [0, 0.1) is 13.8 Å². The van der Waals surface area contributed by atoms with Crippen molar-refractivity contribution in [2.45, 2.75) is 26.6 Å². The molecule has 4 aromatic heterocycles. The van der Waals surface area contributed by atoms with Gasteiger partial charge >= 0.3 is 6.18 Å². The van der Waals surface area contributed by atoms with Gasteiger partial charge in [0.05, 0.1) is 34.2 Å². The second kappa shape index (κ2) is 9.88. The van der Waals surface area contributed by atoms with Gasteiger partial charge in [-0.25, -0.2) is 9.50 Å². The van der Waals surface area contributed by atoms with E-state index in [-0.39, 0.29) is 22.9 Å². The quantitative estimate of drug-likeness (QED) is 0.226. The van der Waals surface area contributed by atoms with Crippen LogP contribution in [0.2, 0.25) is 15.1 Å². The van der Waals surface area contributed by atoms with Crippen molar-refractivity contribution in [1.82, 2.24) is 24.4 Å². The van der Waals surface area contributed by atoms with Crippen LogP contribution in [-0.2, 0) is 12.7 Å². The van der Waals surface area contributed by atoms with Crippen LogP contribution in [-0.4, -0.2) is 30.3 Å². The Labute approximate surface area is 232 Å². The second-order valence-corrected chi connectivity index (χ2v) is 10.4. The van der Waals surface area contributed by atoms with Crippen LogP contribution in [0.5, 0.6) is 0 Å². The van der Waals surface area contributed by atoms with Gasteiger partial charge in [-0.05, 0) is 43.5 Å². The third-order valence-electron chi connectivity index (χ3n) is 5.80. The average molecular weight is 600 g/mol. The number of alkyl halides is 3. The number of carbonyl (C=O) groups is 1. The summed E-state index contributed by atoms with van der Waals surface area (Å²) in [5.74, 6) is -0.812. The minimum atomic E-state index is -4.77. The zero-order chi connectivity index (χ0) is 27.4. The third kappa shape index (κ3) is 4.75. The van der Waals surface area contributed by atoms with Crippen molar-refractivity contribution < 1.29 is 18.0 Å². The summed E-state index contributed by atoms with van der Waals surface area (Å²) in [4.78, 5) is 18.0. The van der Waals surface area contributed by atoms with Crippen molar-refractivity contribution in [3.8, 4) is 10.6 Å². The van der Waals surface area contributed by atoms with E-state index in [1.807, 2.05) is 0 Å². The van der Waals surface area contributed by atoms with E-state index in [2.05, 4.69) is 20.5 Å². The molecule has 0 aliphatic rings. The van der Waals surface area contributed by atoms with Gasteiger partial charge in [-0.15, -0.1) is 11.3 Å². The van der Waals surface area contributed by atoms with E-state index >= 15 is 0 Å². The number of anilines is 1. The summed E-state index contributed by atoms with van der Waals surface area (Å²) in [6.07, 6.45) is -4.77. The van der Waals surface area contributed by atoms with Crippen LogP contribution < -0.4 is 5.32 Å². The van der Waals surface area contributed by atoms with Crippen LogP contribution in [0.4, 0.5) is 18.9 Å². The molecule has 0 radical (unpaired) electrons. The van der Waals surface area contributed by atoms with Gasteiger partial charge in [-0.1, -0.05) is 46.9 Å². The molecule has 0 saturated carbocycles. The Kier molecular flexibility index (Phi) is 6.89. The van der Waals surface area contributed by atoms with Crippen LogP contribution in [0.25, 0.3) is 16.2 Å². The van der Waals surface area contributed by atoms with E-state index in [1.54, 1.807) is 54.2 Å². The lowest BCUT2D eigenvalue weighted by Crippen LogP contribution is -2.16. The first-order chi connectivity index (χ1) is 18.0. The number of hydrogen-bond acceptors (Lipinski definition) is 5. The number of nitrogens with zero attached hydrogens (tertiary/aromatic N) is 5. The molecule has 196 valence electrons. The molecule has 5 rings (SSSR count). The Morgan fingerprint density at radius 3 is 2.42 bits per heavy atom. The molecule has 7 nitrogen and oxygen atoms in total. The molecule has 0 atom stereocenters. The number of rotatable bonds is 5. The fraction of sp³-hybridized carbons (Fsp3) is 0.167. The molecule has 5 aromatic rings. The zero-order valence-electron chi connectivity index (χ0n) is 19.6. The molecule has 0 fully saturated rings. The van der Waals surface area contributed by atoms with Crippen LogP contribution >= 0.6 is 46.1 Å². The Morgan fingerprint density at radius 1 is 1.08 bits per heavy atom. The SMILES string of the molecule is Cc1nn(Cc2c(Cl)cccc2Cl)c(C)c1NC(=O)c1nn2c(C(F)(F)F)cc(-c3cccs3)nc2c1Cl. The summed E-state index contributed by atoms with van der Waals surface area (Å²) < 4.78 is 43.9. The van der Waals surface area contributed by atoms with Gasteiger partial charge in [0.1, 0.15) is 5.02 Å². The van der Waals surface area contributed by atoms with Gasteiger partial charge < -0.3 is 5.32 Å². The minimum absolute atomic E-state index is 0.0692. The van der Waals surface area contributed by atoms with Crippen LogP contribution in [0.3, 0.4) is 0 Å². The van der Waals surface area contributed by atoms with Crippen molar-refractivity contribution in [2.75, 3.05) is 5.32 Å². The minimum Gasteiger partial charge on any atom is -0.317 e. The number of fused-ring (bicyclic) bond motifs is 1. The number of nitrogens with one attached hydrogen (secondary N) is 1. The maximum absolute atomic E-state index is 13.9. The molecule has 1 amide bonds. The highest BCUT2D eigenvalue weighted by atomic mass is 35.5. The fourth-order valence-electron chi connectivity index (χ4n) is 3.93. The van der Waals surface area contributed by atoms with Gasteiger partial charge in [0.25, 0.3) is 5.91 Å². The molecule has 0 aliphatic carbocycles. The van der Waals surface area contributed by atoms with Gasteiger partial charge in [0, 0.05) is 15.6 Å². The maximum Gasteiger partial charge on any atom is 0.433 e. The molecule has 1 aromatic carbocycles. The number of hydrogen-bond donors (Lipinski definition) is 1. The van der Waals surface area contributed by atoms with E-state index in [0.29, 0.717) is 42.1 Å². The lowest BCUT2D eigenvalue weighted by Gasteiger charge is -2.10. The number of thiophene rings is 1. The van der Waals surface area contributed by atoms with Gasteiger partial charge in [0.2, 0.25) is 0 Å². The Hall–Kier alpha value is -3.12. The number of halogens is 6. The summed E-state index contributed by atoms with van der Waals surface area (Å²) in [5.41, 5.74) is 0.308. The number of amides is 1. The van der Waals surface area contributed by atoms with E-state index in [1.165, 1.54) is 11.3 Å². The molecule has 0 saturated heterocycles. The molecular formula is C24H16Cl3F3N6OS. The topological polar surface area (TPSA) is 77.1 Å². The molecule has 1 N–H and O–H groups in total. The van der Waals surface area contributed by atoms with E-state index < -0.39 is 23.5 Å². The van der Waals surface area contributed by atoms with Crippen molar-refractivity contribution in [1.29, 1.82) is 0 Å². The molecule has 0 aliphatic heterocycles. The van der Waals surface area contributed by atoms with Gasteiger partial charge in [-0.2, -0.15) is 23.4 Å². The predicted molar refractivity (Wildman–Crippen MR) is 142 cm³/mol. The third-order valence-corrected chi connectivity index (χ3v) is 7.75. The summed E-state index contributed by atoms with van der Waals surface area (Å²) in [6.45, 7) is 3.64. The molecule has 0 bridgehead atoms. The van der Waals surface area contributed by atoms with Gasteiger partial charge in [0.15, 0.2) is 17.0 Å². The van der Waals surface area contributed by atoms with E-state index in [0.717, 1.165) is 6.07 Å². The number of benzene rings is 1. The maximum atomic E-state index is 13.9. The fourth-order valence-corrected chi connectivity index (χ4v) is 5.38. The molecule has 38 heavy (non-hydrogen) atoms.